The van der Waals surface area contributed by atoms with Crippen LogP contribution in [0.4, 0.5) is 15.8 Å². The van der Waals surface area contributed by atoms with E-state index in [1.54, 1.807) is 42.3 Å². The number of anilines is 2. The van der Waals surface area contributed by atoms with Crippen molar-refractivity contribution < 1.29 is 18.7 Å². The lowest BCUT2D eigenvalue weighted by atomic mass is 10.1. The second kappa shape index (κ2) is 6.70. The Morgan fingerprint density at radius 2 is 2.00 bits per heavy atom. The van der Waals surface area contributed by atoms with Gasteiger partial charge in [-0.25, -0.2) is 4.39 Å². The molecular formula is C18H17FN2O3. The van der Waals surface area contributed by atoms with Gasteiger partial charge in [0.05, 0.1) is 13.0 Å². The second-order valence-electron chi connectivity index (χ2n) is 5.60. The average molecular weight is 328 g/mol. The van der Waals surface area contributed by atoms with Gasteiger partial charge >= 0.3 is 0 Å². The molecule has 124 valence electrons. The molecule has 0 aromatic heterocycles. The summed E-state index contributed by atoms with van der Waals surface area (Å²) in [4.78, 5) is 26.1. The Morgan fingerprint density at radius 3 is 2.67 bits per heavy atom. The fraction of sp³-hybridized carbons (Fsp3) is 0.222. The van der Waals surface area contributed by atoms with Crippen molar-refractivity contribution in [1.82, 2.24) is 0 Å². The van der Waals surface area contributed by atoms with Crippen molar-refractivity contribution in [2.75, 3.05) is 23.9 Å². The maximum absolute atomic E-state index is 13.2. The Bertz CT molecular complexity index is 761. The van der Waals surface area contributed by atoms with Crippen LogP contribution in [0.15, 0.2) is 48.5 Å². The maximum atomic E-state index is 13.2. The number of benzene rings is 2. The summed E-state index contributed by atoms with van der Waals surface area (Å²) in [6.45, 7) is 0.298. The SMILES string of the molecule is COc1ccc(N2C[C@H](C(=O)Nc3cccc(F)c3)CC2=O)cc1. The molecule has 0 aliphatic carbocycles. The number of carbonyl (C=O) groups is 2. The number of nitrogens with zero attached hydrogens (tertiary/aromatic N) is 1. The van der Waals surface area contributed by atoms with Gasteiger partial charge in [-0.05, 0) is 42.5 Å². The number of amides is 2. The molecule has 1 aliphatic heterocycles. The first-order valence-electron chi connectivity index (χ1n) is 7.57. The van der Waals surface area contributed by atoms with E-state index in [1.165, 1.54) is 18.2 Å². The molecule has 0 unspecified atom stereocenters. The summed E-state index contributed by atoms with van der Waals surface area (Å²) in [5, 5.41) is 2.66. The van der Waals surface area contributed by atoms with E-state index in [4.69, 9.17) is 4.74 Å². The Balaban J connectivity index is 1.68. The van der Waals surface area contributed by atoms with Crippen LogP contribution in [0.5, 0.6) is 5.75 Å². The van der Waals surface area contributed by atoms with Crippen LogP contribution in [0.3, 0.4) is 0 Å². The van der Waals surface area contributed by atoms with Crippen molar-refractivity contribution in [2.45, 2.75) is 6.42 Å². The van der Waals surface area contributed by atoms with Gasteiger partial charge in [0.15, 0.2) is 0 Å². The Hall–Kier alpha value is -2.89. The van der Waals surface area contributed by atoms with Crippen molar-refractivity contribution in [3.8, 4) is 5.75 Å². The van der Waals surface area contributed by atoms with Gasteiger partial charge in [-0.1, -0.05) is 6.07 Å². The summed E-state index contributed by atoms with van der Waals surface area (Å²) in [6.07, 6.45) is 0.132. The quantitative estimate of drug-likeness (QED) is 0.939. The third-order valence-electron chi connectivity index (χ3n) is 3.97. The van der Waals surface area contributed by atoms with Crippen LogP contribution in [-0.4, -0.2) is 25.5 Å². The predicted molar refractivity (Wildman–Crippen MR) is 88.5 cm³/mol. The van der Waals surface area contributed by atoms with E-state index in [9.17, 15) is 14.0 Å². The Labute approximate surface area is 139 Å². The molecule has 2 amide bonds. The number of nitrogens with one attached hydrogen (secondary N) is 1. The first kappa shape index (κ1) is 16.0. The summed E-state index contributed by atoms with van der Waals surface area (Å²) in [6, 6.07) is 12.8. The number of ether oxygens (including phenoxy) is 1. The molecule has 2 aromatic rings. The number of carbonyl (C=O) groups excluding carboxylic acids is 2. The summed E-state index contributed by atoms with van der Waals surface area (Å²) in [7, 11) is 1.57. The van der Waals surface area contributed by atoms with Gasteiger partial charge < -0.3 is 15.0 Å². The highest BCUT2D eigenvalue weighted by atomic mass is 19.1. The van der Waals surface area contributed by atoms with Crippen LogP contribution in [0.25, 0.3) is 0 Å². The van der Waals surface area contributed by atoms with Crippen molar-refractivity contribution in [1.29, 1.82) is 0 Å². The van der Waals surface area contributed by atoms with E-state index in [0.717, 1.165) is 5.69 Å². The van der Waals surface area contributed by atoms with Crippen LogP contribution in [-0.2, 0) is 9.59 Å². The van der Waals surface area contributed by atoms with Gasteiger partial charge in [0, 0.05) is 24.3 Å². The van der Waals surface area contributed by atoms with Crippen LogP contribution < -0.4 is 15.0 Å². The zero-order valence-corrected chi connectivity index (χ0v) is 13.2. The minimum absolute atomic E-state index is 0.112. The minimum atomic E-state index is -0.470. The van der Waals surface area contributed by atoms with Crippen LogP contribution in [0.1, 0.15) is 6.42 Å². The van der Waals surface area contributed by atoms with E-state index < -0.39 is 11.7 Å². The lowest BCUT2D eigenvalue weighted by Crippen LogP contribution is -2.28. The van der Waals surface area contributed by atoms with Gasteiger partial charge in [-0.3, -0.25) is 9.59 Å². The Morgan fingerprint density at radius 1 is 1.25 bits per heavy atom. The molecule has 1 N–H and O–H groups in total. The van der Waals surface area contributed by atoms with Crippen molar-refractivity contribution in [2.24, 2.45) is 5.92 Å². The highest BCUT2D eigenvalue weighted by Gasteiger charge is 2.35. The topological polar surface area (TPSA) is 58.6 Å². The molecule has 0 spiro atoms. The molecular weight excluding hydrogens is 311 g/mol. The largest absolute Gasteiger partial charge is 0.497 e. The number of methoxy groups -OCH3 is 1. The van der Waals surface area contributed by atoms with Gasteiger partial charge in [-0.15, -0.1) is 0 Å². The number of hydrogen-bond donors (Lipinski definition) is 1. The van der Waals surface area contributed by atoms with E-state index >= 15 is 0 Å². The van der Waals surface area contributed by atoms with E-state index in [1.807, 2.05) is 0 Å². The molecule has 6 heteroatoms. The lowest BCUT2D eigenvalue weighted by Gasteiger charge is -2.17. The van der Waals surface area contributed by atoms with Gasteiger partial charge in [0.1, 0.15) is 11.6 Å². The average Bonchev–Trinajstić information content (AvgIpc) is 2.97. The van der Waals surface area contributed by atoms with Gasteiger partial charge in [0.25, 0.3) is 0 Å². The zero-order valence-electron chi connectivity index (χ0n) is 13.2. The van der Waals surface area contributed by atoms with E-state index in [2.05, 4.69) is 5.32 Å². The summed E-state index contributed by atoms with van der Waals surface area (Å²) < 4.78 is 18.3. The van der Waals surface area contributed by atoms with Crippen molar-refractivity contribution in [3.63, 3.8) is 0 Å². The molecule has 1 heterocycles. The minimum Gasteiger partial charge on any atom is -0.497 e. The molecule has 0 bridgehead atoms. The molecule has 1 aliphatic rings. The molecule has 3 rings (SSSR count). The normalized spacial score (nSPS) is 17.0. The monoisotopic (exact) mass is 328 g/mol. The van der Waals surface area contributed by atoms with Crippen LogP contribution >= 0.6 is 0 Å². The fourth-order valence-electron chi connectivity index (χ4n) is 2.71. The van der Waals surface area contributed by atoms with E-state index in [0.29, 0.717) is 18.0 Å². The smallest absolute Gasteiger partial charge is 0.229 e. The van der Waals surface area contributed by atoms with Gasteiger partial charge in [-0.2, -0.15) is 0 Å². The third-order valence-corrected chi connectivity index (χ3v) is 3.97. The van der Waals surface area contributed by atoms with Crippen molar-refractivity contribution >= 4 is 23.2 Å². The van der Waals surface area contributed by atoms with Crippen molar-refractivity contribution in [3.05, 3.63) is 54.3 Å². The maximum Gasteiger partial charge on any atom is 0.229 e. The predicted octanol–water partition coefficient (Wildman–Crippen LogP) is 2.83. The summed E-state index contributed by atoms with van der Waals surface area (Å²) in [5.74, 6) is -0.589. The molecule has 1 atom stereocenters. The molecule has 2 aromatic carbocycles. The summed E-state index contributed by atoms with van der Waals surface area (Å²) >= 11 is 0. The van der Waals surface area contributed by atoms with Crippen LogP contribution in [0.2, 0.25) is 0 Å². The number of rotatable bonds is 4. The highest BCUT2D eigenvalue weighted by Crippen LogP contribution is 2.27. The lowest BCUT2D eigenvalue weighted by molar-refractivity contribution is -0.122. The first-order chi connectivity index (χ1) is 11.6. The number of hydrogen-bond acceptors (Lipinski definition) is 3. The molecule has 1 fully saturated rings. The first-order valence-corrected chi connectivity index (χ1v) is 7.57. The highest BCUT2D eigenvalue weighted by molar-refractivity contribution is 6.03. The molecule has 1 saturated heterocycles. The molecule has 5 nitrogen and oxygen atoms in total. The van der Waals surface area contributed by atoms with Crippen LogP contribution in [0, 0.1) is 11.7 Å². The molecule has 24 heavy (non-hydrogen) atoms. The molecule has 0 radical (unpaired) electrons. The number of halogens is 1. The third kappa shape index (κ3) is 3.37. The zero-order chi connectivity index (χ0) is 17.1. The molecule has 0 saturated carbocycles. The second-order valence-corrected chi connectivity index (χ2v) is 5.60. The fourth-order valence-corrected chi connectivity index (χ4v) is 2.71. The Kier molecular flexibility index (Phi) is 4.46. The standard InChI is InChI=1S/C18H17FN2O3/c1-24-16-7-5-15(6-8-16)21-11-12(9-17(21)22)18(23)20-14-4-2-3-13(19)10-14/h2-8,10,12H,9,11H2,1H3,(H,20,23)/t12-/m1/s1. The van der Waals surface area contributed by atoms with E-state index in [-0.39, 0.29) is 18.2 Å². The van der Waals surface area contributed by atoms with Gasteiger partial charge in [0.2, 0.25) is 11.8 Å². The summed E-state index contributed by atoms with van der Waals surface area (Å²) in [5.41, 5.74) is 1.11.